The van der Waals surface area contributed by atoms with Crippen LogP contribution in [-0.2, 0) is 19.1 Å². The second-order valence-corrected chi connectivity index (χ2v) is 7.50. The van der Waals surface area contributed by atoms with Crippen LogP contribution in [0, 0.1) is 0 Å². The van der Waals surface area contributed by atoms with Gasteiger partial charge in [-0.15, -0.1) is 0 Å². The lowest BCUT2D eigenvalue weighted by Gasteiger charge is -2.31. The first-order chi connectivity index (χ1) is 11.6. The Morgan fingerprint density at radius 2 is 1.35 bits per heavy atom. The van der Waals surface area contributed by atoms with E-state index in [9.17, 15) is 24.3 Å². The number of carboxylic acid groups (broad SMARTS) is 2. The molecule has 1 unspecified atom stereocenters. The maximum absolute atomic E-state index is 12.4. The second kappa shape index (κ2) is 9.21. The van der Waals surface area contributed by atoms with Gasteiger partial charge >= 0.3 is 24.1 Å². The van der Waals surface area contributed by atoms with Crippen LogP contribution in [0.15, 0.2) is 12.2 Å². The molecule has 148 valence electrons. The Kier molecular flexibility index (Phi) is 8.30. The third-order valence-corrected chi connectivity index (χ3v) is 2.64. The summed E-state index contributed by atoms with van der Waals surface area (Å²) in [6, 6.07) is -1.57. The van der Waals surface area contributed by atoms with Crippen molar-refractivity contribution in [3.05, 3.63) is 12.2 Å². The minimum absolute atomic E-state index is 0.0192. The minimum Gasteiger partial charge on any atom is -0.480 e. The first-order valence-electron chi connectivity index (χ1n) is 8.01. The van der Waals surface area contributed by atoms with Crippen molar-refractivity contribution in [3.63, 3.8) is 0 Å². The molecule has 0 radical (unpaired) electrons. The van der Waals surface area contributed by atoms with Crippen molar-refractivity contribution in [2.24, 2.45) is 0 Å². The first kappa shape index (κ1) is 23.4. The lowest BCUT2D eigenvalue weighted by Crippen LogP contribution is -2.51. The largest absolute Gasteiger partial charge is 0.480 e. The van der Waals surface area contributed by atoms with E-state index in [1.165, 1.54) is 6.08 Å². The number of ether oxygens (including phenoxy) is 2. The summed E-state index contributed by atoms with van der Waals surface area (Å²) in [6.45, 7) is 9.44. The molecule has 0 aliphatic heterocycles. The molecule has 26 heavy (non-hydrogen) atoms. The molecule has 0 rings (SSSR count). The van der Waals surface area contributed by atoms with E-state index in [4.69, 9.17) is 14.6 Å². The monoisotopic (exact) mass is 373 g/mol. The molecule has 0 aliphatic carbocycles. The molecule has 0 bridgehead atoms. The number of carboxylic acids is 2. The Morgan fingerprint density at radius 1 is 0.923 bits per heavy atom. The molecule has 0 heterocycles. The summed E-state index contributed by atoms with van der Waals surface area (Å²) in [5, 5.41) is 18.0. The highest BCUT2D eigenvalue weighted by Crippen LogP contribution is 2.19. The highest BCUT2D eigenvalue weighted by Gasteiger charge is 2.39. The van der Waals surface area contributed by atoms with Gasteiger partial charge in [0.1, 0.15) is 17.2 Å². The van der Waals surface area contributed by atoms with E-state index in [-0.39, 0.29) is 12.8 Å². The lowest BCUT2D eigenvalue weighted by molar-refractivity contribution is -0.143. The average Bonchev–Trinajstić information content (AvgIpc) is 2.36. The van der Waals surface area contributed by atoms with Gasteiger partial charge in [-0.3, -0.25) is 0 Å². The van der Waals surface area contributed by atoms with Crippen LogP contribution in [-0.4, -0.2) is 56.5 Å². The highest BCUT2D eigenvalue weighted by molar-refractivity contribution is 5.93. The smallest absolute Gasteiger partial charge is 0.420 e. The zero-order valence-electron chi connectivity index (χ0n) is 15.9. The zero-order chi connectivity index (χ0) is 20.7. The van der Waals surface area contributed by atoms with Crippen molar-refractivity contribution < 1.29 is 38.9 Å². The van der Waals surface area contributed by atoms with Crippen molar-refractivity contribution in [2.45, 2.75) is 71.6 Å². The van der Waals surface area contributed by atoms with Gasteiger partial charge in [0.15, 0.2) is 0 Å². The van der Waals surface area contributed by atoms with Crippen molar-refractivity contribution in [2.75, 3.05) is 0 Å². The van der Waals surface area contributed by atoms with Crippen molar-refractivity contribution in [1.29, 1.82) is 0 Å². The minimum atomic E-state index is -1.57. The summed E-state index contributed by atoms with van der Waals surface area (Å²) in [5.41, 5.74) is -1.91. The van der Waals surface area contributed by atoms with E-state index in [1.54, 1.807) is 41.5 Å². The molecule has 0 fully saturated rings. The Balaban J connectivity index is 5.59. The van der Waals surface area contributed by atoms with Crippen LogP contribution in [0.3, 0.4) is 0 Å². The lowest BCUT2D eigenvalue weighted by atomic mass is 10.1. The Morgan fingerprint density at radius 3 is 1.65 bits per heavy atom. The van der Waals surface area contributed by atoms with Crippen LogP contribution in [0.2, 0.25) is 0 Å². The molecule has 9 nitrogen and oxygen atoms in total. The molecule has 2 amide bonds. The molecule has 0 aromatic rings. The molecule has 0 aromatic heterocycles. The van der Waals surface area contributed by atoms with E-state index in [0.717, 1.165) is 6.08 Å². The van der Waals surface area contributed by atoms with Gasteiger partial charge in [0.2, 0.25) is 0 Å². The van der Waals surface area contributed by atoms with Gasteiger partial charge in [0.05, 0.1) is 0 Å². The van der Waals surface area contributed by atoms with Crippen molar-refractivity contribution in [3.8, 4) is 0 Å². The summed E-state index contributed by atoms with van der Waals surface area (Å²) in [7, 11) is 0. The number of hydrogen-bond acceptors (Lipinski definition) is 6. The summed E-state index contributed by atoms with van der Waals surface area (Å²) in [4.78, 5) is 47.3. The number of carbonyl (C=O) groups excluding carboxylic acids is 2. The predicted octanol–water partition coefficient (Wildman–Crippen LogP) is 3.03. The number of imide groups is 1. The quantitative estimate of drug-likeness (QED) is 0.679. The van der Waals surface area contributed by atoms with Gasteiger partial charge in [0.25, 0.3) is 0 Å². The zero-order valence-corrected chi connectivity index (χ0v) is 15.9. The van der Waals surface area contributed by atoms with E-state index in [0.29, 0.717) is 4.90 Å². The molecule has 1 atom stereocenters. The third-order valence-electron chi connectivity index (χ3n) is 2.64. The molecule has 0 saturated carbocycles. The van der Waals surface area contributed by atoms with Crippen LogP contribution in [0.4, 0.5) is 9.59 Å². The summed E-state index contributed by atoms with van der Waals surface area (Å²) >= 11 is 0. The fourth-order valence-corrected chi connectivity index (χ4v) is 1.75. The van der Waals surface area contributed by atoms with E-state index < -0.39 is 41.4 Å². The Labute approximate surface area is 152 Å². The molecule has 0 aliphatic rings. The van der Waals surface area contributed by atoms with E-state index in [2.05, 4.69) is 0 Å². The van der Waals surface area contributed by atoms with Gasteiger partial charge in [-0.1, -0.05) is 6.08 Å². The van der Waals surface area contributed by atoms with Crippen molar-refractivity contribution >= 4 is 24.1 Å². The van der Waals surface area contributed by atoms with Gasteiger partial charge in [-0.25, -0.2) is 19.2 Å². The summed E-state index contributed by atoms with van der Waals surface area (Å²) in [5.74, 6) is -2.63. The molecule has 0 spiro atoms. The topological polar surface area (TPSA) is 130 Å². The Bertz CT molecular complexity index is 540. The molecule has 2 N–H and O–H groups in total. The third kappa shape index (κ3) is 9.65. The van der Waals surface area contributed by atoms with Gasteiger partial charge in [-0.05, 0) is 54.4 Å². The van der Waals surface area contributed by atoms with Gasteiger partial charge in [0, 0.05) is 6.08 Å². The molecule has 0 saturated heterocycles. The fourth-order valence-electron chi connectivity index (χ4n) is 1.75. The Hall–Kier alpha value is -2.58. The van der Waals surface area contributed by atoms with E-state index >= 15 is 0 Å². The number of amides is 2. The maximum Gasteiger partial charge on any atom is 0.420 e. The second-order valence-electron chi connectivity index (χ2n) is 7.50. The van der Waals surface area contributed by atoms with Crippen LogP contribution in [0.5, 0.6) is 0 Å². The highest BCUT2D eigenvalue weighted by atomic mass is 16.6. The molecule has 9 heteroatoms. The molecular formula is C17H27NO8. The average molecular weight is 373 g/mol. The summed E-state index contributed by atoms with van der Waals surface area (Å²) < 4.78 is 10.2. The van der Waals surface area contributed by atoms with Gasteiger partial charge in [-0.2, -0.15) is 4.90 Å². The number of rotatable bonds is 6. The fraction of sp³-hybridized carbons (Fsp3) is 0.647. The van der Waals surface area contributed by atoms with Crippen LogP contribution in [0.25, 0.3) is 0 Å². The van der Waals surface area contributed by atoms with Crippen LogP contribution < -0.4 is 0 Å². The molecule has 0 aromatic carbocycles. The predicted molar refractivity (Wildman–Crippen MR) is 91.7 cm³/mol. The van der Waals surface area contributed by atoms with Crippen LogP contribution >= 0.6 is 0 Å². The standard InChI is InChI=1S/C17H27NO8/c1-16(2,3)25-14(23)18(15(24)26-17(4,5)6)11(13(21)22)9-7-8-10-12(19)20/h8,10-11H,7,9H2,1-6H3,(H,19,20)(H,21,22)/b10-8+. The van der Waals surface area contributed by atoms with Gasteiger partial charge < -0.3 is 19.7 Å². The number of hydrogen-bond donors (Lipinski definition) is 2. The first-order valence-corrected chi connectivity index (χ1v) is 8.01. The number of nitrogens with zero attached hydrogens (tertiary/aromatic N) is 1. The summed E-state index contributed by atoms with van der Waals surface area (Å²) in [6.07, 6.45) is -0.393. The normalized spacial score (nSPS) is 13.2. The van der Waals surface area contributed by atoms with Crippen LogP contribution in [0.1, 0.15) is 54.4 Å². The molecular weight excluding hydrogens is 346 g/mol. The van der Waals surface area contributed by atoms with E-state index in [1.807, 2.05) is 0 Å². The SMILES string of the molecule is CC(C)(C)OC(=O)N(C(=O)OC(C)(C)C)C(CC/C=C/C(=O)O)C(=O)O. The number of carbonyl (C=O) groups is 4. The number of aliphatic carboxylic acids is 2. The van der Waals surface area contributed by atoms with Crippen molar-refractivity contribution in [1.82, 2.24) is 4.90 Å². The maximum atomic E-state index is 12.4. The number of allylic oxidation sites excluding steroid dienone is 1.